The highest BCUT2D eigenvalue weighted by molar-refractivity contribution is 7.16. The van der Waals surface area contributed by atoms with Crippen LogP contribution in [0.2, 0.25) is 0 Å². The van der Waals surface area contributed by atoms with Crippen LogP contribution in [0.1, 0.15) is 32.0 Å². The average molecular weight is 221 g/mol. The van der Waals surface area contributed by atoms with E-state index in [1.807, 2.05) is 7.05 Å². The van der Waals surface area contributed by atoms with Crippen molar-refractivity contribution in [3.63, 3.8) is 0 Å². The molecule has 0 fully saturated rings. The maximum Gasteiger partial charge on any atom is 0.138 e. The second-order valence-corrected chi connectivity index (χ2v) is 4.52. The van der Waals surface area contributed by atoms with Gasteiger partial charge in [-0.1, -0.05) is 13.8 Å². The molecule has 0 bridgehead atoms. The highest BCUT2D eigenvalue weighted by atomic mass is 32.1. The molecule has 0 aliphatic heterocycles. The molecule has 2 heterocycles. The van der Waals surface area contributed by atoms with Crippen molar-refractivity contribution in [2.75, 3.05) is 12.4 Å². The van der Waals surface area contributed by atoms with Gasteiger partial charge in [0.05, 0.1) is 5.39 Å². The second kappa shape index (κ2) is 4.14. The lowest BCUT2D eigenvalue weighted by Crippen LogP contribution is -2.03. The van der Waals surface area contributed by atoms with Crippen LogP contribution >= 0.6 is 11.3 Å². The first-order valence-corrected chi connectivity index (χ1v) is 6.07. The van der Waals surface area contributed by atoms with E-state index in [2.05, 4.69) is 40.6 Å². The minimum absolute atomic E-state index is 0.420. The Morgan fingerprint density at radius 2 is 2.27 bits per heavy atom. The molecule has 0 saturated carbocycles. The molecule has 0 spiro atoms. The Labute approximate surface area is 93.6 Å². The first kappa shape index (κ1) is 10.4. The summed E-state index contributed by atoms with van der Waals surface area (Å²) >= 11 is 1.67. The number of thiophene rings is 1. The maximum absolute atomic E-state index is 4.58. The van der Waals surface area contributed by atoms with Gasteiger partial charge in [-0.15, -0.1) is 11.3 Å². The molecule has 1 N–H and O–H groups in total. The summed E-state index contributed by atoms with van der Waals surface area (Å²) in [5.41, 5.74) is 0. The summed E-state index contributed by atoms with van der Waals surface area (Å²) in [5, 5.41) is 6.31. The van der Waals surface area contributed by atoms with E-state index in [-0.39, 0.29) is 0 Å². The highest BCUT2D eigenvalue weighted by Crippen LogP contribution is 2.27. The lowest BCUT2D eigenvalue weighted by molar-refractivity contribution is 0.685. The fourth-order valence-electron chi connectivity index (χ4n) is 1.47. The summed E-state index contributed by atoms with van der Waals surface area (Å²) in [6.45, 7) is 4.32. The largest absolute Gasteiger partial charge is 0.372 e. The van der Waals surface area contributed by atoms with Crippen LogP contribution < -0.4 is 5.32 Å². The van der Waals surface area contributed by atoms with Gasteiger partial charge in [0, 0.05) is 13.0 Å². The molecule has 1 atom stereocenters. The van der Waals surface area contributed by atoms with Crippen molar-refractivity contribution in [3.8, 4) is 0 Å². The normalized spacial score (nSPS) is 13.0. The van der Waals surface area contributed by atoms with Gasteiger partial charge < -0.3 is 5.32 Å². The van der Waals surface area contributed by atoms with Gasteiger partial charge >= 0.3 is 0 Å². The zero-order chi connectivity index (χ0) is 10.8. The SMILES string of the molecule is CCC(C)c1nc(NC)c2ccsc2n1. The van der Waals surface area contributed by atoms with Crippen LogP contribution in [0.5, 0.6) is 0 Å². The number of aromatic nitrogens is 2. The number of hydrogen-bond donors (Lipinski definition) is 1. The minimum Gasteiger partial charge on any atom is -0.372 e. The molecule has 1 unspecified atom stereocenters. The fourth-order valence-corrected chi connectivity index (χ4v) is 2.24. The number of nitrogens with one attached hydrogen (secondary N) is 1. The van der Waals surface area contributed by atoms with Crippen LogP contribution in [-0.2, 0) is 0 Å². The average Bonchev–Trinajstić information content (AvgIpc) is 2.74. The maximum atomic E-state index is 4.58. The van der Waals surface area contributed by atoms with E-state index in [9.17, 15) is 0 Å². The first-order chi connectivity index (χ1) is 7.26. The third kappa shape index (κ3) is 1.81. The molecule has 0 radical (unpaired) electrons. The smallest absolute Gasteiger partial charge is 0.138 e. The summed E-state index contributed by atoms with van der Waals surface area (Å²) in [6, 6.07) is 2.06. The monoisotopic (exact) mass is 221 g/mol. The van der Waals surface area contributed by atoms with Crippen molar-refractivity contribution in [1.82, 2.24) is 9.97 Å². The van der Waals surface area contributed by atoms with Gasteiger partial charge in [-0.2, -0.15) is 0 Å². The summed E-state index contributed by atoms with van der Waals surface area (Å²) in [7, 11) is 1.90. The van der Waals surface area contributed by atoms with Crippen molar-refractivity contribution in [1.29, 1.82) is 0 Å². The number of rotatable bonds is 3. The van der Waals surface area contributed by atoms with Crippen LogP contribution in [0, 0.1) is 0 Å². The van der Waals surface area contributed by atoms with Crippen molar-refractivity contribution in [2.45, 2.75) is 26.2 Å². The van der Waals surface area contributed by atoms with E-state index in [0.717, 1.165) is 28.3 Å². The van der Waals surface area contributed by atoms with Gasteiger partial charge in [-0.3, -0.25) is 0 Å². The van der Waals surface area contributed by atoms with Gasteiger partial charge in [-0.25, -0.2) is 9.97 Å². The summed E-state index contributed by atoms with van der Waals surface area (Å²) < 4.78 is 0. The molecule has 0 aliphatic rings. The van der Waals surface area contributed by atoms with Crippen molar-refractivity contribution < 1.29 is 0 Å². The van der Waals surface area contributed by atoms with Gasteiger partial charge in [0.25, 0.3) is 0 Å². The third-order valence-corrected chi connectivity index (χ3v) is 3.44. The molecule has 15 heavy (non-hydrogen) atoms. The van der Waals surface area contributed by atoms with E-state index in [1.54, 1.807) is 11.3 Å². The Hall–Kier alpha value is -1.16. The van der Waals surface area contributed by atoms with Crippen LogP contribution in [-0.4, -0.2) is 17.0 Å². The Morgan fingerprint density at radius 1 is 1.47 bits per heavy atom. The molecule has 80 valence electrons. The van der Waals surface area contributed by atoms with E-state index < -0.39 is 0 Å². The van der Waals surface area contributed by atoms with Crippen molar-refractivity contribution in [2.24, 2.45) is 0 Å². The van der Waals surface area contributed by atoms with E-state index >= 15 is 0 Å². The Balaban J connectivity index is 2.58. The minimum atomic E-state index is 0.420. The van der Waals surface area contributed by atoms with E-state index in [4.69, 9.17) is 0 Å². The van der Waals surface area contributed by atoms with Crippen LogP contribution in [0.25, 0.3) is 10.2 Å². The van der Waals surface area contributed by atoms with Crippen LogP contribution in [0.15, 0.2) is 11.4 Å². The summed E-state index contributed by atoms with van der Waals surface area (Å²) in [6.07, 6.45) is 1.07. The molecule has 0 amide bonds. The van der Waals surface area contributed by atoms with Gasteiger partial charge in [0.2, 0.25) is 0 Å². The predicted octanol–water partition coefficient (Wildman–Crippen LogP) is 3.25. The molecule has 3 nitrogen and oxygen atoms in total. The molecule has 0 saturated heterocycles. The molecule has 0 aliphatic carbocycles. The van der Waals surface area contributed by atoms with Crippen LogP contribution in [0.3, 0.4) is 0 Å². The fraction of sp³-hybridized carbons (Fsp3) is 0.455. The Kier molecular flexibility index (Phi) is 2.86. The molecular formula is C11H15N3S. The molecule has 2 rings (SSSR count). The summed E-state index contributed by atoms with van der Waals surface area (Å²) in [4.78, 5) is 10.2. The standard InChI is InChI=1S/C11H15N3S/c1-4-7(2)9-13-10(12-3)8-5-6-15-11(8)14-9/h5-7H,4H2,1-3H3,(H,12,13,14). The highest BCUT2D eigenvalue weighted by Gasteiger charge is 2.11. The van der Waals surface area contributed by atoms with Crippen LogP contribution in [0.4, 0.5) is 5.82 Å². The van der Waals surface area contributed by atoms with Gasteiger partial charge in [0.15, 0.2) is 0 Å². The lowest BCUT2D eigenvalue weighted by atomic mass is 10.1. The number of hydrogen-bond acceptors (Lipinski definition) is 4. The molecular weight excluding hydrogens is 206 g/mol. The molecule has 2 aromatic heterocycles. The quantitative estimate of drug-likeness (QED) is 0.864. The van der Waals surface area contributed by atoms with Crippen molar-refractivity contribution in [3.05, 3.63) is 17.3 Å². The lowest BCUT2D eigenvalue weighted by Gasteiger charge is -2.09. The van der Waals surface area contributed by atoms with Gasteiger partial charge in [-0.05, 0) is 17.9 Å². The first-order valence-electron chi connectivity index (χ1n) is 5.19. The number of anilines is 1. The summed E-state index contributed by atoms with van der Waals surface area (Å²) in [5.74, 6) is 2.30. The third-order valence-electron chi connectivity index (χ3n) is 2.63. The molecule has 2 aromatic rings. The van der Waals surface area contributed by atoms with Crippen molar-refractivity contribution >= 4 is 27.4 Å². The zero-order valence-corrected chi connectivity index (χ0v) is 10.1. The van der Waals surface area contributed by atoms with E-state index in [1.165, 1.54) is 0 Å². The number of nitrogens with zero attached hydrogens (tertiary/aromatic N) is 2. The van der Waals surface area contributed by atoms with E-state index in [0.29, 0.717) is 5.92 Å². The predicted molar refractivity (Wildman–Crippen MR) is 65.7 cm³/mol. The molecule has 4 heteroatoms. The Bertz CT molecular complexity index is 464. The number of fused-ring (bicyclic) bond motifs is 1. The second-order valence-electron chi connectivity index (χ2n) is 3.63. The zero-order valence-electron chi connectivity index (χ0n) is 9.24. The van der Waals surface area contributed by atoms with Gasteiger partial charge in [0.1, 0.15) is 16.5 Å². The Morgan fingerprint density at radius 3 is 2.93 bits per heavy atom. The molecule has 0 aromatic carbocycles. The topological polar surface area (TPSA) is 37.8 Å².